The molecule has 0 saturated heterocycles. The van der Waals surface area contributed by atoms with Crippen molar-refractivity contribution in [3.8, 4) is 11.5 Å². The molecule has 12 nitrogen and oxygen atoms in total. The quantitative estimate of drug-likeness (QED) is 0.120. The molecule has 246 valence electrons. The van der Waals surface area contributed by atoms with Gasteiger partial charge in [-0.1, -0.05) is 60.7 Å². The number of para-hydroxylation sites is 1. The minimum Gasteiger partial charge on any atom is -0.480 e. The van der Waals surface area contributed by atoms with E-state index in [2.05, 4.69) is 25.9 Å². The van der Waals surface area contributed by atoms with Gasteiger partial charge in [-0.25, -0.2) is 9.78 Å². The second kappa shape index (κ2) is 14.8. The van der Waals surface area contributed by atoms with E-state index >= 15 is 0 Å². The number of fused-ring (bicyclic) bond motifs is 2. The third kappa shape index (κ3) is 7.81. The number of H-pyrrole nitrogens is 1. The molecule has 48 heavy (non-hydrogen) atoms. The molecule has 2 aromatic heterocycles. The predicted octanol–water partition coefficient (Wildman–Crippen LogP) is 3.16. The molecular formula is C35H33N5O7S. The zero-order valence-electron chi connectivity index (χ0n) is 25.7. The molecule has 1 aliphatic heterocycles. The molecule has 3 amide bonds. The van der Waals surface area contributed by atoms with E-state index in [9.17, 15) is 24.3 Å². The molecule has 5 aromatic rings. The third-order valence-corrected chi connectivity index (χ3v) is 8.99. The van der Waals surface area contributed by atoms with Gasteiger partial charge >= 0.3 is 5.97 Å². The number of carboxylic acids is 1. The fraction of sp³-hybridized carbons (Fsp3) is 0.229. The number of carbonyl (C=O) groups excluding carboxylic acids is 3. The second-order valence-electron chi connectivity index (χ2n) is 11.3. The molecule has 0 radical (unpaired) electrons. The lowest BCUT2D eigenvalue weighted by Gasteiger charge is -2.25. The molecule has 0 aliphatic carbocycles. The van der Waals surface area contributed by atoms with Gasteiger partial charge in [0.25, 0.3) is 0 Å². The van der Waals surface area contributed by atoms with Crippen LogP contribution in [0.25, 0.3) is 10.1 Å². The first kappa shape index (κ1) is 32.3. The number of carboxylic acid groups (broad SMARTS) is 1. The van der Waals surface area contributed by atoms with Crippen LogP contribution in [0.4, 0.5) is 0 Å². The fourth-order valence-electron chi connectivity index (χ4n) is 5.59. The molecule has 3 atom stereocenters. The van der Waals surface area contributed by atoms with E-state index in [4.69, 9.17) is 9.47 Å². The molecular weight excluding hydrogens is 634 g/mol. The minimum atomic E-state index is -1.28. The Hall–Kier alpha value is -5.69. The number of ether oxygens (including phenoxy) is 2. The first-order valence-corrected chi connectivity index (χ1v) is 16.2. The Kier molecular flexibility index (Phi) is 9.96. The number of nitrogens with one attached hydrogen (secondary N) is 4. The average Bonchev–Trinajstić information content (AvgIpc) is 3.86. The highest BCUT2D eigenvalue weighted by Crippen LogP contribution is 2.35. The summed E-state index contributed by atoms with van der Waals surface area (Å²) in [5.41, 5.74) is 2.75. The summed E-state index contributed by atoms with van der Waals surface area (Å²) in [4.78, 5) is 60.1. The molecule has 0 unspecified atom stereocenters. The van der Waals surface area contributed by atoms with E-state index in [0.29, 0.717) is 22.8 Å². The molecule has 0 spiro atoms. The molecule has 1 aliphatic rings. The zero-order chi connectivity index (χ0) is 33.5. The van der Waals surface area contributed by atoms with Gasteiger partial charge in [0.05, 0.1) is 12.7 Å². The number of benzene rings is 3. The largest absolute Gasteiger partial charge is 0.480 e. The first-order chi connectivity index (χ1) is 23.3. The summed E-state index contributed by atoms with van der Waals surface area (Å²) in [7, 11) is 0. The van der Waals surface area contributed by atoms with Gasteiger partial charge in [-0.3, -0.25) is 14.4 Å². The number of hydrogen-bond donors (Lipinski definition) is 5. The van der Waals surface area contributed by atoms with Crippen LogP contribution in [0.15, 0.2) is 90.7 Å². The molecule has 0 bridgehead atoms. The number of carbonyl (C=O) groups is 4. The fourth-order valence-corrected chi connectivity index (χ4v) is 6.56. The number of nitrogens with zero attached hydrogens (tertiary/aromatic N) is 1. The lowest BCUT2D eigenvalue weighted by Crippen LogP contribution is -2.57. The van der Waals surface area contributed by atoms with E-state index < -0.39 is 41.8 Å². The van der Waals surface area contributed by atoms with Crippen LogP contribution >= 0.6 is 11.3 Å². The number of aliphatic carboxylic acids is 1. The Morgan fingerprint density at radius 3 is 2.33 bits per heavy atom. The van der Waals surface area contributed by atoms with Crippen molar-refractivity contribution < 1.29 is 33.8 Å². The Morgan fingerprint density at radius 1 is 0.812 bits per heavy atom. The van der Waals surface area contributed by atoms with Gasteiger partial charge in [-0.15, -0.1) is 11.3 Å². The summed E-state index contributed by atoms with van der Waals surface area (Å²) in [5.74, 6) is -1.90. The summed E-state index contributed by atoms with van der Waals surface area (Å²) in [6.07, 6.45) is 3.05. The highest BCUT2D eigenvalue weighted by molar-refractivity contribution is 7.17. The van der Waals surface area contributed by atoms with Crippen LogP contribution in [-0.2, 0) is 44.9 Å². The highest BCUT2D eigenvalue weighted by Gasteiger charge is 2.31. The van der Waals surface area contributed by atoms with Crippen LogP contribution in [0, 0.1) is 0 Å². The maximum atomic E-state index is 14.1. The molecule has 6 rings (SSSR count). The van der Waals surface area contributed by atoms with Crippen molar-refractivity contribution in [2.75, 3.05) is 6.79 Å². The highest BCUT2D eigenvalue weighted by atomic mass is 32.1. The van der Waals surface area contributed by atoms with Crippen molar-refractivity contribution >= 4 is 45.1 Å². The van der Waals surface area contributed by atoms with E-state index in [-0.39, 0.29) is 32.5 Å². The molecule has 3 aromatic carbocycles. The summed E-state index contributed by atoms with van der Waals surface area (Å²) >= 11 is 1.53. The van der Waals surface area contributed by atoms with E-state index in [1.165, 1.54) is 23.9 Å². The summed E-state index contributed by atoms with van der Waals surface area (Å²) in [6.45, 7) is 0.0553. The number of amides is 3. The Bertz CT molecular complexity index is 1910. The second-order valence-corrected chi connectivity index (χ2v) is 12.3. The lowest BCUT2D eigenvalue weighted by molar-refractivity contribution is -0.142. The summed E-state index contributed by atoms with van der Waals surface area (Å²) in [5, 5.41) is 21.1. The van der Waals surface area contributed by atoms with Crippen molar-refractivity contribution in [3.63, 3.8) is 0 Å². The topological polar surface area (TPSA) is 172 Å². The standard InChI is InChI=1S/C35H33N5O7S/c41-31(15-22-9-6-11-29-32(22)47-20-46-29)38-27(14-23-18-48-30-12-5-4-10-25(23)30)34(43)39-26(13-21-7-2-1-3-8-21)33(42)40-28(35(44)45)16-24-17-36-19-37-24/h1-12,17-19,26-28H,13-16,20H2,(H,36,37)(H,38,41)(H,39,43)(H,40,42)(H,44,45)/t26-,27+,28+/m1/s1. The molecule has 5 N–H and O–H groups in total. The van der Waals surface area contributed by atoms with Crippen molar-refractivity contribution in [3.05, 3.63) is 113 Å². The number of imidazole rings is 1. The van der Waals surface area contributed by atoms with Crippen molar-refractivity contribution in [1.29, 1.82) is 0 Å². The maximum absolute atomic E-state index is 14.1. The zero-order valence-corrected chi connectivity index (χ0v) is 26.5. The SMILES string of the molecule is O=C(Cc1cccc2c1OCO2)N[C@@H](Cc1csc2ccccc12)C(=O)N[C@H](Cc1ccccc1)C(=O)N[C@@H](Cc1cnc[nH]1)C(=O)O. The van der Waals surface area contributed by atoms with Crippen LogP contribution in [0.1, 0.15) is 22.4 Å². The Labute approximate surface area is 279 Å². The van der Waals surface area contributed by atoms with E-state index in [0.717, 1.165) is 21.2 Å². The molecule has 0 fully saturated rings. The molecule has 13 heteroatoms. The lowest BCUT2D eigenvalue weighted by atomic mass is 10.0. The van der Waals surface area contributed by atoms with Crippen molar-refractivity contribution in [1.82, 2.24) is 25.9 Å². The van der Waals surface area contributed by atoms with Crippen LogP contribution in [-0.4, -0.2) is 63.7 Å². The minimum absolute atomic E-state index is 0.0328. The van der Waals surface area contributed by atoms with Crippen molar-refractivity contribution in [2.24, 2.45) is 0 Å². The normalized spacial score (nSPS) is 13.8. The van der Waals surface area contributed by atoms with Crippen LogP contribution in [0.3, 0.4) is 0 Å². The smallest absolute Gasteiger partial charge is 0.326 e. The van der Waals surface area contributed by atoms with Gasteiger partial charge in [0.1, 0.15) is 18.1 Å². The monoisotopic (exact) mass is 667 g/mol. The number of aromatic amines is 1. The average molecular weight is 668 g/mol. The van der Waals surface area contributed by atoms with Gasteiger partial charge in [0.15, 0.2) is 11.5 Å². The van der Waals surface area contributed by atoms with Crippen molar-refractivity contribution in [2.45, 2.75) is 43.8 Å². The molecule has 0 saturated carbocycles. The van der Waals surface area contributed by atoms with Gasteiger partial charge in [0.2, 0.25) is 24.5 Å². The number of thiophene rings is 1. The van der Waals surface area contributed by atoms with Gasteiger partial charge in [-0.05, 0) is 34.0 Å². The number of aromatic nitrogens is 2. The maximum Gasteiger partial charge on any atom is 0.326 e. The first-order valence-electron chi connectivity index (χ1n) is 15.3. The summed E-state index contributed by atoms with van der Waals surface area (Å²) in [6, 6.07) is 18.7. The predicted molar refractivity (Wildman–Crippen MR) is 178 cm³/mol. The molecule has 3 heterocycles. The van der Waals surface area contributed by atoms with E-state index in [1.54, 1.807) is 18.2 Å². The van der Waals surface area contributed by atoms with Gasteiger partial charge < -0.3 is 35.5 Å². The van der Waals surface area contributed by atoms with Gasteiger partial charge in [0, 0.05) is 41.4 Å². The number of rotatable bonds is 14. The summed E-state index contributed by atoms with van der Waals surface area (Å²) < 4.78 is 12.0. The van der Waals surface area contributed by atoms with Crippen LogP contribution in [0.5, 0.6) is 11.5 Å². The van der Waals surface area contributed by atoms with Crippen LogP contribution in [0.2, 0.25) is 0 Å². The van der Waals surface area contributed by atoms with E-state index in [1.807, 2.05) is 60.0 Å². The van der Waals surface area contributed by atoms with Gasteiger partial charge in [-0.2, -0.15) is 0 Å². The third-order valence-electron chi connectivity index (χ3n) is 7.98. The van der Waals surface area contributed by atoms with Crippen LogP contribution < -0.4 is 25.4 Å². The Morgan fingerprint density at radius 2 is 1.56 bits per heavy atom. The number of hydrogen-bond acceptors (Lipinski definition) is 8. The Balaban J connectivity index is 1.24.